The molecule has 18 heavy (non-hydrogen) atoms. The number of carbonyl (C=O) groups is 1. The summed E-state index contributed by atoms with van der Waals surface area (Å²) in [5, 5.41) is 11.4. The van der Waals surface area contributed by atoms with Crippen molar-refractivity contribution in [2.45, 2.75) is 19.8 Å². The first-order chi connectivity index (χ1) is 8.49. The Kier molecular flexibility index (Phi) is 3.50. The van der Waals surface area contributed by atoms with Gasteiger partial charge in [-0.25, -0.2) is 13.6 Å². The fraction of sp³-hybridized carbons (Fsp3) is 0.462. The van der Waals surface area contributed by atoms with Gasteiger partial charge in [0.2, 0.25) is 0 Å². The van der Waals surface area contributed by atoms with Crippen LogP contribution in [0.4, 0.5) is 14.5 Å². The minimum atomic E-state index is -1.34. The van der Waals surface area contributed by atoms with Crippen LogP contribution in [0.15, 0.2) is 12.1 Å². The molecular formula is C13H15F2NO2. The Morgan fingerprint density at radius 2 is 2.00 bits per heavy atom. The fourth-order valence-corrected chi connectivity index (χ4v) is 1.96. The van der Waals surface area contributed by atoms with Crippen LogP contribution in [-0.2, 0) is 0 Å². The number of hydrogen-bond acceptors (Lipinski definition) is 2. The molecule has 0 radical (unpaired) electrons. The Balaban J connectivity index is 2.09. The first-order valence-corrected chi connectivity index (χ1v) is 5.95. The van der Waals surface area contributed by atoms with Gasteiger partial charge in [0, 0.05) is 6.54 Å². The summed E-state index contributed by atoms with van der Waals surface area (Å²) in [5.74, 6) is -2.07. The van der Waals surface area contributed by atoms with Crippen LogP contribution in [0, 0.1) is 23.5 Å². The summed E-state index contributed by atoms with van der Waals surface area (Å²) < 4.78 is 27.1. The predicted octanol–water partition coefficient (Wildman–Crippen LogP) is 3.12. The number of rotatable bonds is 5. The van der Waals surface area contributed by atoms with Crippen LogP contribution in [0.5, 0.6) is 0 Å². The van der Waals surface area contributed by atoms with E-state index in [9.17, 15) is 13.6 Å². The number of hydrogen-bond donors (Lipinski definition) is 2. The van der Waals surface area contributed by atoms with Crippen molar-refractivity contribution in [1.29, 1.82) is 0 Å². The summed E-state index contributed by atoms with van der Waals surface area (Å²) in [6.07, 6.45) is 2.34. The van der Waals surface area contributed by atoms with Gasteiger partial charge in [-0.3, -0.25) is 0 Å². The van der Waals surface area contributed by atoms with Gasteiger partial charge in [0.15, 0.2) is 0 Å². The Bertz CT molecular complexity index is 449. The van der Waals surface area contributed by atoms with E-state index in [0.29, 0.717) is 18.4 Å². The molecule has 0 aliphatic heterocycles. The molecule has 3 nitrogen and oxygen atoms in total. The summed E-state index contributed by atoms with van der Waals surface area (Å²) in [6, 6.07) is 1.66. The third-order valence-electron chi connectivity index (χ3n) is 3.32. The van der Waals surface area contributed by atoms with Crippen LogP contribution in [0.1, 0.15) is 30.1 Å². The lowest BCUT2D eigenvalue weighted by Crippen LogP contribution is -2.15. The quantitative estimate of drug-likeness (QED) is 0.849. The third-order valence-corrected chi connectivity index (χ3v) is 3.32. The van der Waals surface area contributed by atoms with Crippen molar-refractivity contribution in [2.24, 2.45) is 11.8 Å². The molecule has 5 heteroatoms. The number of carboxylic acids is 1. The molecule has 1 unspecified atom stereocenters. The second-order valence-electron chi connectivity index (χ2n) is 4.82. The van der Waals surface area contributed by atoms with E-state index < -0.39 is 17.6 Å². The number of nitrogens with one attached hydrogen (secondary N) is 1. The van der Waals surface area contributed by atoms with Crippen LogP contribution in [-0.4, -0.2) is 17.6 Å². The van der Waals surface area contributed by atoms with Crippen molar-refractivity contribution in [3.63, 3.8) is 0 Å². The number of halogens is 2. The van der Waals surface area contributed by atoms with E-state index in [1.807, 2.05) is 6.92 Å². The van der Waals surface area contributed by atoms with E-state index in [0.717, 1.165) is 12.1 Å². The van der Waals surface area contributed by atoms with Crippen molar-refractivity contribution in [2.75, 3.05) is 11.9 Å². The molecule has 1 aromatic carbocycles. The maximum Gasteiger partial charge on any atom is 0.335 e. The highest BCUT2D eigenvalue weighted by molar-refractivity contribution is 5.88. The molecule has 1 saturated carbocycles. The summed E-state index contributed by atoms with van der Waals surface area (Å²) in [5.41, 5.74) is -0.627. The van der Waals surface area contributed by atoms with Gasteiger partial charge in [-0.15, -0.1) is 0 Å². The zero-order valence-electron chi connectivity index (χ0n) is 10.0. The van der Waals surface area contributed by atoms with Gasteiger partial charge < -0.3 is 10.4 Å². The first kappa shape index (κ1) is 12.8. The normalized spacial score (nSPS) is 16.4. The largest absolute Gasteiger partial charge is 0.478 e. The van der Waals surface area contributed by atoms with Gasteiger partial charge in [-0.1, -0.05) is 6.92 Å². The Morgan fingerprint density at radius 1 is 1.44 bits per heavy atom. The van der Waals surface area contributed by atoms with Crippen LogP contribution < -0.4 is 5.32 Å². The fourth-order valence-electron chi connectivity index (χ4n) is 1.96. The van der Waals surface area contributed by atoms with Crippen molar-refractivity contribution in [3.8, 4) is 0 Å². The third kappa shape index (κ3) is 2.78. The smallest absolute Gasteiger partial charge is 0.335 e. The Morgan fingerprint density at radius 3 is 2.44 bits per heavy atom. The molecule has 2 N–H and O–H groups in total. The Labute approximate surface area is 104 Å². The van der Waals surface area contributed by atoms with Crippen molar-refractivity contribution >= 4 is 11.7 Å². The maximum atomic E-state index is 13.6. The van der Waals surface area contributed by atoms with Gasteiger partial charge in [0.05, 0.1) is 5.56 Å². The summed E-state index contributed by atoms with van der Waals surface area (Å²) in [6.45, 7) is 2.52. The monoisotopic (exact) mass is 255 g/mol. The van der Waals surface area contributed by atoms with Crippen molar-refractivity contribution < 1.29 is 18.7 Å². The van der Waals surface area contributed by atoms with E-state index in [-0.39, 0.29) is 11.3 Å². The zero-order chi connectivity index (χ0) is 13.3. The molecule has 0 bridgehead atoms. The van der Waals surface area contributed by atoms with Gasteiger partial charge >= 0.3 is 5.97 Å². The Hall–Kier alpha value is -1.65. The van der Waals surface area contributed by atoms with Crippen LogP contribution >= 0.6 is 0 Å². The lowest BCUT2D eigenvalue weighted by atomic mass is 10.1. The molecule has 1 aromatic rings. The zero-order valence-corrected chi connectivity index (χ0v) is 10.0. The van der Waals surface area contributed by atoms with E-state index in [4.69, 9.17) is 5.11 Å². The molecule has 0 spiro atoms. The molecule has 1 aliphatic rings. The number of anilines is 1. The molecule has 1 aliphatic carbocycles. The van der Waals surface area contributed by atoms with E-state index in [2.05, 4.69) is 5.32 Å². The second-order valence-corrected chi connectivity index (χ2v) is 4.82. The molecule has 0 aromatic heterocycles. The molecular weight excluding hydrogens is 240 g/mol. The topological polar surface area (TPSA) is 49.3 Å². The van der Waals surface area contributed by atoms with Crippen LogP contribution in [0.3, 0.4) is 0 Å². The maximum absolute atomic E-state index is 13.6. The molecule has 0 saturated heterocycles. The number of carboxylic acid groups (broad SMARTS) is 1. The average molecular weight is 255 g/mol. The molecule has 98 valence electrons. The minimum Gasteiger partial charge on any atom is -0.478 e. The lowest BCUT2D eigenvalue weighted by molar-refractivity contribution is 0.0696. The first-order valence-electron chi connectivity index (χ1n) is 5.95. The highest BCUT2D eigenvalue weighted by Gasteiger charge is 2.28. The van der Waals surface area contributed by atoms with Crippen molar-refractivity contribution in [1.82, 2.24) is 0 Å². The lowest BCUT2D eigenvalue weighted by Gasteiger charge is -2.14. The number of aromatic carboxylic acids is 1. The average Bonchev–Trinajstić information content (AvgIpc) is 3.10. The summed E-state index contributed by atoms with van der Waals surface area (Å²) >= 11 is 0. The standard InChI is InChI=1S/C13H15F2NO2/c1-7(8-2-3-8)6-16-12-10(14)4-9(13(17)18)5-11(12)15/h4-5,7-8,16H,2-3,6H2,1H3,(H,17,18). The van der Waals surface area contributed by atoms with E-state index >= 15 is 0 Å². The van der Waals surface area contributed by atoms with Gasteiger partial charge in [0.25, 0.3) is 0 Å². The van der Waals surface area contributed by atoms with Crippen molar-refractivity contribution in [3.05, 3.63) is 29.3 Å². The molecule has 0 amide bonds. The molecule has 0 heterocycles. The SMILES string of the molecule is CC(CNc1c(F)cc(C(=O)O)cc1F)C1CC1. The van der Waals surface area contributed by atoms with Crippen LogP contribution in [0.25, 0.3) is 0 Å². The van der Waals surface area contributed by atoms with Gasteiger partial charge in [0.1, 0.15) is 17.3 Å². The highest BCUT2D eigenvalue weighted by atomic mass is 19.1. The highest BCUT2D eigenvalue weighted by Crippen LogP contribution is 2.36. The summed E-state index contributed by atoms with van der Waals surface area (Å²) in [4.78, 5) is 10.6. The molecule has 1 fully saturated rings. The van der Waals surface area contributed by atoms with E-state index in [1.165, 1.54) is 12.8 Å². The van der Waals surface area contributed by atoms with Gasteiger partial charge in [-0.2, -0.15) is 0 Å². The van der Waals surface area contributed by atoms with Gasteiger partial charge in [-0.05, 0) is 36.8 Å². The van der Waals surface area contributed by atoms with Crippen LogP contribution in [0.2, 0.25) is 0 Å². The number of benzene rings is 1. The summed E-state index contributed by atoms with van der Waals surface area (Å²) in [7, 11) is 0. The molecule has 1 atom stereocenters. The second kappa shape index (κ2) is 4.92. The predicted molar refractivity (Wildman–Crippen MR) is 63.7 cm³/mol. The van der Waals surface area contributed by atoms with E-state index in [1.54, 1.807) is 0 Å². The molecule has 2 rings (SSSR count). The minimum absolute atomic E-state index is 0.243.